The third kappa shape index (κ3) is 3.89. The van der Waals surface area contributed by atoms with Crippen molar-refractivity contribution in [3.8, 4) is 0 Å². The number of amides is 1. The predicted molar refractivity (Wildman–Crippen MR) is 99.7 cm³/mol. The summed E-state index contributed by atoms with van der Waals surface area (Å²) in [5.74, 6) is -0.768. The highest BCUT2D eigenvalue weighted by Crippen LogP contribution is 2.36. The summed E-state index contributed by atoms with van der Waals surface area (Å²) in [7, 11) is 0. The van der Waals surface area contributed by atoms with Crippen LogP contribution in [0.4, 0.5) is 26.2 Å². The first-order chi connectivity index (χ1) is 12.7. The molecule has 8 heteroatoms. The number of hydrogen-bond donors (Lipinski definition) is 1. The molecule has 1 N–H and O–H groups in total. The lowest BCUT2D eigenvalue weighted by Crippen LogP contribution is -2.34. The second-order valence-corrected chi connectivity index (χ2v) is 6.96. The zero-order chi connectivity index (χ0) is 19.8. The van der Waals surface area contributed by atoms with Crippen LogP contribution in [-0.4, -0.2) is 21.6 Å². The van der Waals surface area contributed by atoms with Crippen LogP contribution in [0.15, 0.2) is 48.7 Å². The summed E-state index contributed by atoms with van der Waals surface area (Å²) in [6.07, 6.45) is 0.944. The largest absolute Gasteiger partial charge is 0.443 e. The molecule has 1 amide bonds. The monoisotopic (exact) mass is 371 g/mol. The number of fused-ring (bicyclic) bond motifs is 1. The molecule has 3 aromatic rings. The van der Waals surface area contributed by atoms with Crippen molar-refractivity contribution in [3.05, 3.63) is 64.6 Å². The van der Waals surface area contributed by atoms with Gasteiger partial charge in [0.1, 0.15) is 17.1 Å². The van der Waals surface area contributed by atoms with E-state index in [0.29, 0.717) is 5.69 Å². The van der Waals surface area contributed by atoms with Gasteiger partial charge in [-0.2, -0.15) is 0 Å². The van der Waals surface area contributed by atoms with E-state index in [-0.39, 0.29) is 5.69 Å². The Hall–Kier alpha value is -3.42. The number of aromatic nitrogens is 1. The highest BCUT2D eigenvalue weighted by molar-refractivity contribution is 6.00. The maximum Gasteiger partial charge on any atom is 0.419 e. The number of benzene rings is 2. The summed E-state index contributed by atoms with van der Waals surface area (Å²) in [5.41, 5.74) is -0.217. The van der Waals surface area contributed by atoms with Gasteiger partial charge < -0.3 is 9.72 Å². The van der Waals surface area contributed by atoms with Gasteiger partial charge in [-0.05, 0) is 57.2 Å². The number of aromatic amines is 1. The van der Waals surface area contributed by atoms with E-state index in [1.807, 2.05) is 6.07 Å². The first-order valence-electron chi connectivity index (χ1n) is 8.20. The number of ether oxygens (including phenoxy) is 1. The molecule has 0 unspecified atom stereocenters. The van der Waals surface area contributed by atoms with Crippen molar-refractivity contribution >= 4 is 34.1 Å². The van der Waals surface area contributed by atoms with Crippen LogP contribution in [0.2, 0.25) is 0 Å². The molecule has 0 atom stereocenters. The minimum Gasteiger partial charge on any atom is -0.443 e. The Morgan fingerprint density at radius 3 is 2.59 bits per heavy atom. The van der Waals surface area contributed by atoms with Gasteiger partial charge in [0.15, 0.2) is 0 Å². The number of anilines is 2. The van der Waals surface area contributed by atoms with Crippen LogP contribution >= 0.6 is 0 Å². The zero-order valence-corrected chi connectivity index (χ0v) is 15.0. The molecule has 0 radical (unpaired) electrons. The number of H-pyrrole nitrogens is 1. The average molecular weight is 371 g/mol. The molecule has 3 rings (SSSR count). The molecule has 0 aliphatic heterocycles. The molecule has 2 aromatic carbocycles. The van der Waals surface area contributed by atoms with E-state index < -0.39 is 28.1 Å². The van der Waals surface area contributed by atoms with Gasteiger partial charge in [-0.25, -0.2) is 14.1 Å². The van der Waals surface area contributed by atoms with Crippen molar-refractivity contribution in [3.63, 3.8) is 0 Å². The van der Waals surface area contributed by atoms with E-state index in [1.165, 1.54) is 6.07 Å². The van der Waals surface area contributed by atoms with Crippen LogP contribution in [0.25, 0.3) is 10.9 Å². The van der Waals surface area contributed by atoms with Crippen LogP contribution in [0.1, 0.15) is 20.8 Å². The molecule has 0 saturated heterocycles. The highest BCUT2D eigenvalue weighted by atomic mass is 19.1. The van der Waals surface area contributed by atoms with E-state index in [9.17, 15) is 19.3 Å². The van der Waals surface area contributed by atoms with Crippen molar-refractivity contribution in [2.75, 3.05) is 4.90 Å². The molecule has 140 valence electrons. The van der Waals surface area contributed by atoms with Gasteiger partial charge in [0.25, 0.3) is 5.69 Å². The Morgan fingerprint density at radius 2 is 1.93 bits per heavy atom. The Bertz CT molecular complexity index is 1020. The zero-order valence-electron chi connectivity index (χ0n) is 15.0. The molecule has 0 fully saturated rings. The van der Waals surface area contributed by atoms with Gasteiger partial charge in [-0.3, -0.25) is 10.1 Å². The summed E-state index contributed by atoms with van der Waals surface area (Å²) in [6, 6.07) is 9.93. The van der Waals surface area contributed by atoms with Crippen molar-refractivity contribution in [2.45, 2.75) is 26.4 Å². The topological polar surface area (TPSA) is 88.5 Å². The number of halogens is 1. The maximum absolute atomic E-state index is 13.6. The van der Waals surface area contributed by atoms with Gasteiger partial charge >= 0.3 is 6.09 Å². The minimum atomic E-state index is -0.817. The van der Waals surface area contributed by atoms with Crippen molar-refractivity contribution in [2.24, 2.45) is 0 Å². The molecule has 0 aliphatic carbocycles. The lowest BCUT2D eigenvalue weighted by Gasteiger charge is -2.27. The number of nitro groups is 1. The average Bonchev–Trinajstić information content (AvgIpc) is 3.02. The molecule has 27 heavy (non-hydrogen) atoms. The van der Waals surface area contributed by atoms with Gasteiger partial charge in [0.2, 0.25) is 0 Å². The molecule has 1 heterocycles. The van der Waals surface area contributed by atoms with E-state index >= 15 is 0 Å². The summed E-state index contributed by atoms with van der Waals surface area (Å²) in [5, 5.41) is 12.3. The van der Waals surface area contributed by atoms with Gasteiger partial charge in [0.05, 0.1) is 16.7 Å². The van der Waals surface area contributed by atoms with E-state index in [4.69, 9.17) is 4.74 Å². The second-order valence-electron chi connectivity index (χ2n) is 6.96. The number of nitro benzene ring substituents is 1. The molecule has 7 nitrogen and oxygen atoms in total. The van der Waals surface area contributed by atoms with Crippen LogP contribution in [-0.2, 0) is 4.74 Å². The SMILES string of the molecule is CC(C)(C)OC(=O)N(c1ccc2[nH]ccc2c1)c1ccc(F)cc1[N+](=O)[O-]. The van der Waals surface area contributed by atoms with E-state index in [1.54, 1.807) is 45.2 Å². The maximum atomic E-state index is 13.6. The fourth-order valence-electron chi connectivity index (χ4n) is 2.66. The lowest BCUT2D eigenvalue weighted by molar-refractivity contribution is -0.384. The predicted octanol–water partition coefficient (Wildman–Crippen LogP) is 5.29. The Labute approximate surface area is 154 Å². The molecule has 1 aromatic heterocycles. The van der Waals surface area contributed by atoms with Crippen molar-refractivity contribution < 1.29 is 18.8 Å². The minimum absolute atomic E-state index is 0.0782. The number of nitrogens with one attached hydrogen (secondary N) is 1. The first-order valence-corrected chi connectivity index (χ1v) is 8.20. The normalized spacial score (nSPS) is 11.4. The Balaban J connectivity index is 2.18. The number of rotatable bonds is 3. The van der Waals surface area contributed by atoms with Crippen LogP contribution < -0.4 is 4.90 Å². The molecular formula is C19H18FN3O4. The first kappa shape index (κ1) is 18.4. The standard InChI is InChI=1S/C19H18FN3O4/c1-19(2,3)27-18(24)22(14-5-6-15-12(10-14)8-9-21-15)16-7-4-13(20)11-17(16)23(25)26/h4-11,21H,1-3H3. The summed E-state index contributed by atoms with van der Waals surface area (Å²) >= 11 is 0. The smallest absolute Gasteiger partial charge is 0.419 e. The number of hydrogen-bond acceptors (Lipinski definition) is 4. The third-order valence-corrected chi connectivity index (χ3v) is 3.75. The molecule has 0 aliphatic rings. The second kappa shape index (κ2) is 6.71. The molecule has 0 spiro atoms. The summed E-state index contributed by atoms with van der Waals surface area (Å²) in [4.78, 5) is 27.7. The van der Waals surface area contributed by atoms with Crippen LogP contribution in [0, 0.1) is 15.9 Å². The third-order valence-electron chi connectivity index (χ3n) is 3.75. The fourth-order valence-corrected chi connectivity index (χ4v) is 2.66. The van der Waals surface area contributed by atoms with Gasteiger partial charge in [-0.15, -0.1) is 0 Å². The van der Waals surface area contributed by atoms with Gasteiger partial charge in [0, 0.05) is 17.1 Å². The number of carbonyl (C=O) groups is 1. The van der Waals surface area contributed by atoms with Gasteiger partial charge in [-0.1, -0.05) is 0 Å². The molecular weight excluding hydrogens is 353 g/mol. The number of carbonyl (C=O) groups excluding carboxylic acids is 1. The Kier molecular flexibility index (Phi) is 4.57. The van der Waals surface area contributed by atoms with Crippen LogP contribution in [0.5, 0.6) is 0 Å². The van der Waals surface area contributed by atoms with E-state index in [0.717, 1.165) is 27.9 Å². The quantitative estimate of drug-likeness (QED) is 0.500. The fraction of sp³-hybridized carbons (Fsp3) is 0.211. The summed E-state index contributed by atoms with van der Waals surface area (Å²) in [6.45, 7) is 5.08. The molecule has 0 saturated carbocycles. The summed E-state index contributed by atoms with van der Waals surface area (Å²) < 4.78 is 19.0. The van der Waals surface area contributed by atoms with Crippen molar-refractivity contribution in [1.29, 1.82) is 0 Å². The molecule has 0 bridgehead atoms. The highest BCUT2D eigenvalue weighted by Gasteiger charge is 2.30. The van der Waals surface area contributed by atoms with Crippen molar-refractivity contribution in [1.82, 2.24) is 4.98 Å². The number of nitrogens with zero attached hydrogens (tertiary/aromatic N) is 2. The van der Waals surface area contributed by atoms with E-state index in [2.05, 4.69) is 4.98 Å². The van der Waals surface area contributed by atoms with Crippen LogP contribution in [0.3, 0.4) is 0 Å². The Morgan fingerprint density at radius 1 is 1.19 bits per heavy atom. The lowest BCUT2D eigenvalue weighted by atomic mass is 10.1.